The van der Waals surface area contributed by atoms with Gasteiger partial charge in [0.15, 0.2) is 12.6 Å². The zero-order chi connectivity index (χ0) is 20.0. The van der Waals surface area contributed by atoms with Gasteiger partial charge in [-0.2, -0.15) is 0 Å². The summed E-state index contributed by atoms with van der Waals surface area (Å²) in [5.74, 6) is 0. The molecule has 0 saturated carbocycles. The predicted octanol–water partition coefficient (Wildman–Crippen LogP) is -4.57. The maximum Gasteiger partial charge on any atom is 0.187 e. The normalized spacial score (nSPS) is 53.8. The highest BCUT2D eigenvalue weighted by Crippen LogP contribution is 2.35. The van der Waals surface area contributed by atoms with Crippen molar-refractivity contribution < 1.29 is 59.1 Å². The maximum atomic E-state index is 10.1. The summed E-state index contributed by atoms with van der Waals surface area (Å²) in [4.78, 5) is 0. The van der Waals surface area contributed by atoms with Gasteiger partial charge in [-0.3, -0.25) is 0 Å². The fourth-order valence-electron chi connectivity index (χ4n) is 3.95. The standard InChI is InChI=1S/C16H26O12/c17-1-5-9(19)11(21)15(25-5)27-8-4-23-7-3-24-13(8)14(7)28-16-12(22)10(20)6(2-18)26-16/h5-22H,1-4H2/t5-,6-,7-,8+,9-,10-,11+,12+,13+,14+,15-,16-/m1/s1. The van der Waals surface area contributed by atoms with Crippen molar-refractivity contribution in [2.75, 3.05) is 26.4 Å². The Bertz CT molecular complexity index is 536. The van der Waals surface area contributed by atoms with Crippen LogP contribution in [0.3, 0.4) is 0 Å². The van der Waals surface area contributed by atoms with Crippen LogP contribution in [0.4, 0.5) is 0 Å². The first kappa shape index (κ1) is 20.8. The molecule has 0 unspecified atom stereocenters. The van der Waals surface area contributed by atoms with Gasteiger partial charge in [0.05, 0.1) is 26.4 Å². The molecular weight excluding hydrogens is 384 g/mol. The Kier molecular flexibility index (Phi) is 6.19. The minimum absolute atomic E-state index is 0.123. The van der Waals surface area contributed by atoms with Crippen molar-refractivity contribution in [1.82, 2.24) is 0 Å². The quantitative estimate of drug-likeness (QED) is 0.247. The zero-order valence-corrected chi connectivity index (χ0v) is 14.9. The van der Waals surface area contributed by atoms with E-state index in [0.717, 1.165) is 0 Å². The van der Waals surface area contributed by atoms with Gasteiger partial charge in [0.1, 0.15) is 61.0 Å². The SMILES string of the molecule is OC[C@H]1O[C@H](O[C@@H]2[C@H]3OC[C@H]2OC[C@@H]3O[C@H]2O[C@H](CO)[C@@H](O)[C@@H]2O)[C@@H](O)[C@@H]1O. The lowest BCUT2D eigenvalue weighted by Crippen LogP contribution is -2.54. The van der Waals surface area contributed by atoms with Gasteiger partial charge in [-0.25, -0.2) is 0 Å². The number of aliphatic hydroxyl groups excluding tert-OH is 6. The number of ether oxygens (including phenoxy) is 6. The van der Waals surface area contributed by atoms with Gasteiger partial charge < -0.3 is 59.1 Å². The molecule has 0 amide bonds. The molecule has 4 aliphatic heterocycles. The zero-order valence-electron chi connectivity index (χ0n) is 14.9. The van der Waals surface area contributed by atoms with Crippen molar-refractivity contribution in [3.8, 4) is 0 Å². The van der Waals surface area contributed by atoms with E-state index in [-0.39, 0.29) is 13.2 Å². The Labute approximate surface area is 160 Å². The molecule has 4 rings (SSSR count). The van der Waals surface area contributed by atoms with Gasteiger partial charge in [-0.1, -0.05) is 0 Å². The van der Waals surface area contributed by atoms with E-state index >= 15 is 0 Å². The molecular formula is C16H26O12. The molecule has 12 nitrogen and oxygen atoms in total. The van der Waals surface area contributed by atoms with E-state index in [1.54, 1.807) is 0 Å². The second-order valence-electron chi connectivity index (χ2n) is 7.36. The van der Waals surface area contributed by atoms with Crippen LogP contribution >= 0.6 is 0 Å². The number of fused-ring (bicyclic) bond motifs is 2. The Hall–Kier alpha value is -0.480. The summed E-state index contributed by atoms with van der Waals surface area (Å²) >= 11 is 0. The molecule has 4 saturated heterocycles. The van der Waals surface area contributed by atoms with E-state index < -0.39 is 86.8 Å². The van der Waals surface area contributed by atoms with Crippen molar-refractivity contribution in [2.24, 2.45) is 0 Å². The summed E-state index contributed by atoms with van der Waals surface area (Å²) in [6.45, 7) is -0.616. The number of hydrogen-bond donors (Lipinski definition) is 6. The Morgan fingerprint density at radius 2 is 1.29 bits per heavy atom. The lowest BCUT2D eigenvalue weighted by molar-refractivity contribution is -0.270. The highest BCUT2D eigenvalue weighted by atomic mass is 16.8. The molecule has 4 fully saturated rings. The highest BCUT2D eigenvalue weighted by molar-refractivity contribution is 4.98. The monoisotopic (exact) mass is 410 g/mol. The number of rotatable bonds is 6. The minimum Gasteiger partial charge on any atom is -0.394 e. The molecule has 28 heavy (non-hydrogen) atoms. The average molecular weight is 410 g/mol. The van der Waals surface area contributed by atoms with Crippen LogP contribution in [0, 0.1) is 0 Å². The molecule has 0 spiro atoms. The minimum atomic E-state index is -1.35. The molecule has 12 heteroatoms. The first-order valence-corrected chi connectivity index (χ1v) is 9.23. The largest absolute Gasteiger partial charge is 0.394 e. The Balaban J connectivity index is 1.40. The van der Waals surface area contributed by atoms with E-state index in [4.69, 9.17) is 28.4 Å². The summed E-state index contributed by atoms with van der Waals surface area (Å²) in [5.41, 5.74) is 0. The van der Waals surface area contributed by atoms with Crippen molar-refractivity contribution in [2.45, 2.75) is 73.6 Å². The lowest BCUT2D eigenvalue weighted by Gasteiger charge is -2.37. The Morgan fingerprint density at radius 3 is 1.82 bits per heavy atom. The van der Waals surface area contributed by atoms with E-state index in [2.05, 4.69) is 0 Å². The van der Waals surface area contributed by atoms with E-state index in [1.165, 1.54) is 0 Å². The lowest BCUT2D eigenvalue weighted by atomic mass is 10.0. The van der Waals surface area contributed by atoms with Gasteiger partial charge >= 0.3 is 0 Å². The van der Waals surface area contributed by atoms with Crippen LogP contribution in [-0.2, 0) is 28.4 Å². The van der Waals surface area contributed by atoms with E-state index in [1.807, 2.05) is 0 Å². The van der Waals surface area contributed by atoms with Crippen LogP contribution in [0.2, 0.25) is 0 Å². The van der Waals surface area contributed by atoms with Crippen LogP contribution in [0.25, 0.3) is 0 Å². The van der Waals surface area contributed by atoms with Crippen LogP contribution in [-0.4, -0.2) is 131 Å². The van der Waals surface area contributed by atoms with Gasteiger partial charge in [0.2, 0.25) is 0 Å². The number of aliphatic hydroxyl groups is 6. The van der Waals surface area contributed by atoms with Crippen molar-refractivity contribution in [1.29, 1.82) is 0 Å². The molecule has 12 atom stereocenters. The second kappa shape index (κ2) is 8.34. The number of hydrogen-bond acceptors (Lipinski definition) is 12. The first-order valence-electron chi connectivity index (χ1n) is 9.23. The van der Waals surface area contributed by atoms with Gasteiger partial charge in [0, 0.05) is 0 Å². The summed E-state index contributed by atoms with van der Waals surface area (Å²) in [7, 11) is 0. The van der Waals surface area contributed by atoms with Gasteiger partial charge in [-0.15, -0.1) is 0 Å². The van der Waals surface area contributed by atoms with Crippen LogP contribution in [0.15, 0.2) is 0 Å². The summed E-state index contributed by atoms with van der Waals surface area (Å²) in [6.07, 6.45) is -12.1. The van der Waals surface area contributed by atoms with E-state index in [9.17, 15) is 30.6 Å². The highest BCUT2D eigenvalue weighted by Gasteiger charge is 2.54. The topological polar surface area (TPSA) is 177 Å². The van der Waals surface area contributed by atoms with Crippen LogP contribution in [0.1, 0.15) is 0 Å². The van der Waals surface area contributed by atoms with Gasteiger partial charge in [0.25, 0.3) is 0 Å². The van der Waals surface area contributed by atoms with E-state index in [0.29, 0.717) is 0 Å². The fraction of sp³-hybridized carbons (Fsp3) is 1.00. The van der Waals surface area contributed by atoms with Crippen molar-refractivity contribution in [3.63, 3.8) is 0 Å². The molecule has 0 radical (unpaired) electrons. The van der Waals surface area contributed by atoms with Crippen molar-refractivity contribution in [3.05, 3.63) is 0 Å². The maximum absolute atomic E-state index is 10.1. The van der Waals surface area contributed by atoms with Crippen molar-refractivity contribution >= 4 is 0 Å². The molecule has 4 heterocycles. The molecule has 0 aromatic rings. The third kappa shape index (κ3) is 3.57. The molecule has 4 aliphatic rings. The summed E-state index contributed by atoms with van der Waals surface area (Å²) in [5, 5.41) is 58.2. The second-order valence-corrected chi connectivity index (χ2v) is 7.36. The summed E-state index contributed by atoms with van der Waals surface area (Å²) < 4.78 is 33.5. The molecule has 6 N–H and O–H groups in total. The molecule has 0 aromatic heterocycles. The molecule has 2 bridgehead atoms. The average Bonchev–Trinajstić information content (AvgIpc) is 3.24. The third-order valence-corrected chi connectivity index (χ3v) is 5.58. The van der Waals surface area contributed by atoms with Crippen LogP contribution < -0.4 is 0 Å². The fourth-order valence-corrected chi connectivity index (χ4v) is 3.95. The third-order valence-electron chi connectivity index (χ3n) is 5.58. The molecule has 162 valence electrons. The molecule has 0 aromatic carbocycles. The first-order chi connectivity index (χ1) is 13.4. The van der Waals surface area contributed by atoms with Crippen LogP contribution in [0.5, 0.6) is 0 Å². The Morgan fingerprint density at radius 1 is 0.714 bits per heavy atom. The molecule has 0 aliphatic carbocycles. The smallest absolute Gasteiger partial charge is 0.187 e. The predicted molar refractivity (Wildman–Crippen MR) is 84.7 cm³/mol. The summed E-state index contributed by atoms with van der Waals surface area (Å²) in [6, 6.07) is 0. The van der Waals surface area contributed by atoms with Gasteiger partial charge in [-0.05, 0) is 0 Å².